The van der Waals surface area contributed by atoms with Gasteiger partial charge in [-0.05, 0) is 99.4 Å². The molecule has 49 heavy (non-hydrogen) atoms. The van der Waals surface area contributed by atoms with E-state index < -0.39 is 58.9 Å². The molecule has 3 amide bonds. The number of benzene rings is 1. The Bertz CT molecular complexity index is 1440. The number of carbonyl (C=O) groups is 5. The number of nitrogens with one attached hydrogen (secondary N) is 3. The van der Waals surface area contributed by atoms with Gasteiger partial charge in [0.25, 0.3) is 0 Å². The fourth-order valence-electron chi connectivity index (χ4n) is 4.63. The third kappa shape index (κ3) is 16.6. The molecule has 3 atom stereocenters. The molecule has 5 N–H and O–H groups in total. The van der Waals surface area contributed by atoms with Crippen LogP contribution in [-0.4, -0.2) is 76.3 Å². The standard InChI is InChI=1S/C36H55N5O8/c1-34(2,3)47-29(42)18-17-28(32(45)49-36(7,8)9)41-33(46)40-27(31(44)48-35(4,5)6)16-12-13-19-38-30(43)26(37)21-25-20-23-14-10-11-15-24(23)22-39-25/h10-11,14-15,20,22,26-28H,12-13,16-19,21,37H2,1-9H3,(H,38,43)(H2,40,41,46)/t26-,27-,28-/m0/s1. The van der Waals surface area contributed by atoms with Gasteiger partial charge in [-0.25, -0.2) is 14.4 Å². The van der Waals surface area contributed by atoms with Gasteiger partial charge in [0.05, 0.1) is 6.04 Å². The molecule has 0 spiro atoms. The van der Waals surface area contributed by atoms with Gasteiger partial charge in [-0.3, -0.25) is 14.6 Å². The van der Waals surface area contributed by atoms with Gasteiger partial charge in [0, 0.05) is 36.7 Å². The normalized spacial score (nSPS) is 13.8. The van der Waals surface area contributed by atoms with Gasteiger partial charge >= 0.3 is 23.9 Å². The summed E-state index contributed by atoms with van der Waals surface area (Å²) in [4.78, 5) is 68.5. The summed E-state index contributed by atoms with van der Waals surface area (Å²) in [6.45, 7) is 15.7. The predicted molar refractivity (Wildman–Crippen MR) is 186 cm³/mol. The molecular formula is C36H55N5O8. The Morgan fingerprint density at radius 3 is 1.84 bits per heavy atom. The number of carbonyl (C=O) groups excluding carboxylic acids is 5. The molecule has 0 bridgehead atoms. The molecule has 1 aromatic carbocycles. The summed E-state index contributed by atoms with van der Waals surface area (Å²) in [5, 5.41) is 9.99. The Balaban J connectivity index is 1.97. The number of pyridine rings is 1. The highest BCUT2D eigenvalue weighted by atomic mass is 16.6. The van der Waals surface area contributed by atoms with Crippen LogP contribution >= 0.6 is 0 Å². The highest BCUT2D eigenvalue weighted by Crippen LogP contribution is 2.16. The van der Waals surface area contributed by atoms with E-state index in [2.05, 4.69) is 20.9 Å². The lowest BCUT2D eigenvalue weighted by Crippen LogP contribution is -2.53. The van der Waals surface area contributed by atoms with Crippen LogP contribution < -0.4 is 21.7 Å². The fourth-order valence-corrected chi connectivity index (χ4v) is 4.63. The van der Waals surface area contributed by atoms with Gasteiger partial charge in [-0.15, -0.1) is 0 Å². The number of unbranched alkanes of at least 4 members (excludes halogenated alkanes) is 1. The molecule has 2 rings (SSSR count). The monoisotopic (exact) mass is 685 g/mol. The van der Waals surface area contributed by atoms with E-state index in [1.165, 1.54) is 0 Å². The van der Waals surface area contributed by atoms with Gasteiger partial charge in [0.1, 0.15) is 28.9 Å². The topological polar surface area (TPSA) is 188 Å². The van der Waals surface area contributed by atoms with Crippen LogP contribution in [0.4, 0.5) is 4.79 Å². The number of amides is 3. The number of esters is 3. The zero-order valence-electron chi connectivity index (χ0n) is 30.4. The van der Waals surface area contributed by atoms with Crippen LogP contribution in [0, 0.1) is 0 Å². The summed E-state index contributed by atoms with van der Waals surface area (Å²) in [6.07, 6.45) is 2.94. The first-order valence-electron chi connectivity index (χ1n) is 16.7. The number of ether oxygens (including phenoxy) is 3. The molecule has 1 aromatic heterocycles. The van der Waals surface area contributed by atoms with Crippen molar-refractivity contribution in [3.05, 3.63) is 42.2 Å². The lowest BCUT2D eigenvalue weighted by molar-refractivity contribution is -0.159. The first kappa shape index (κ1) is 40.9. The molecule has 0 saturated heterocycles. The van der Waals surface area contributed by atoms with Crippen LogP contribution in [0.2, 0.25) is 0 Å². The Labute approximate surface area is 289 Å². The Morgan fingerprint density at radius 1 is 0.755 bits per heavy atom. The fraction of sp³-hybridized carbons (Fsp3) is 0.611. The van der Waals surface area contributed by atoms with Gasteiger partial charge in [-0.1, -0.05) is 24.3 Å². The molecule has 1 heterocycles. The van der Waals surface area contributed by atoms with Crippen LogP contribution in [0.25, 0.3) is 10.8 Å². The maximum atomic E-state index is 13.1. The Morgan fingerprint density at radius 2 is 1.29 bits per heavy atom. The van der Waals surface area contributed by atoms with Crippen molar-refractivity contribution in [2.75, 3.05) is 6.54 Å². The SMILES string of the molecule is CC(C)(C)OC(=O)CC[C@H](NC(=O)N[C@@H](CCCCNC(=O)[C@@H](N)Cc1cc2ccccc2cn1)C(=O)OC(C)(C)C)C(=O)OC(C)(C)C. The lowest BCUT2D eigenvalue weighted by Gasteiger charge is -2.27. The maximum absolute atomic E-state index is 13.1. The van der Waals surface area contributed by atoms with E-state index in [4.69, 9.17) is 19.9 Å². The summed E-state index contributed by atoms with van der Waals surface area (Å²) in [5.74, 6) is -2.24. The minimum absolute atomic E-state index is 0.0763. The molecule has 13 nitrogen and oxygen atoms in total. The highest BCUT2D eigenvalue weighted by molar-refractivity contribution is 5.88. The summed E-state index contributed by atoms with van der Waals surface area (Å²) >= 11 is 0. The second-order valence-electron chi connectivity index (χ2n) is 15.0. The van der Waals surface area contributed by atoms with Crippen molar-refractivity contribution in [1.82, 2.24) is 20.9 Å². The van der Waals surface area contributed by atoms with E-state index in [1.54, 1.807) is 68.5 Å². The van der Waals surface area contributed by atoms with Crippen molar-refractivity contribution in [3.8, 4) is 0 Å². The van der Waals surface area contributed by atoms with Crippen molar-refractivity contribution in [1.29, 1.82) is 0 Å². The molecule has 13 heteroatoms. The quantitative estimate of drug-likeness (QED) is 0.120. The molecule has 272 valence electrons. The second-order valence-corrected chi connectivity index (χ2v) is 15.0. The van der Waals surface area contributed by atoms with Gasteiger partial charge in [0.2, 0.25) is 5.91 Å². The molecule has 0 aliphatic carbocycles. The van der Waals surface area contributed by atoms with Crippen LogP contribution in [-0.2, 0) is 39.8 Å². The third-order valence-corrected chi connectivity index (χ3v) is 6.72. The zero-order chi connectivity index (χ0) is 37.0. The number of aromatic nitrogens is 1. The molecule has 0 aliphatic rings. The number of nitrogens with two attached hydrogens (primary N) is 1. The Kier molecular flexibility index (Phi) is 15.0. The van der Waals surface area contributed by atoms with Crippen molar-refractivity contribution >= 4 is 40.6 Å². The minimum atomic E-state index is -1.18. The van der Waals surface area contributed by atoms with E-state index >= 15 is 0 Å². The summed E-state index contributed by atoms with van der Waals surface area (Å²) in [5.41, 5.74) is 4.48. The summed E-state index contributed by atoms with van der Waals surface area (Å²) in [6, 6.07) is 5.88. The first-order chi connectivity index (χ1) is 22.6. The zero-order valence-corrected chi connectivity index (χ0v) is 30.4. The van der Waals surface area contributed by atoms with E-state index in [0.717, 1.165) is 10.8 Å². The lowest BCUT2D eigenvalue weighted by atomic mass is 10.1. The van der Waals surface area contributed by atoms with E-state index in [1.807, 2.05) is 30.3 Å². The van der Waals surface area contributed by atoms with E-state index in [0.29, 0.717) is 25.1 Å². The molecule has 0 aliphatic heterocycles. The van der Waals surface area contributed by atoms with Crippen LogP contribution in [0.1, 0.15) is 100 Å². The average Bonchev–Trinajstić information content (AvgIpc) is 2.95. The smallest absolute Gasteiger partial charge is 0.329 e. The number of hydrogen-bond donors (Lipinski definition) is 4. The molecular weight excluding hydrogens is 630 g/mol. The van der Waals surface area contributed by atoms with Gasteiger partial charge in [-0.2, -0.15) is 0 Å². The van der Waals surface area contributed by atoms with Gasteiger partial charge < -0.3 is 35.9 Å². The Hall–Kier alpha value is -4.26. The van der Waals surface area contributed by atoms with Crippen molar-refractivity contribution in [3.63, 3.8) is 0 Å². The number of hydrogen-bond acceptors (Lipinski definition) is 10. The first-order valence-corrected chi connectivity index (χ1v) is 16.7. The predicted octanol–water partition coefficient (Wildman–Crippen LogP) is 4.23. The average molecular weight is 686 g/mol. The molecule has 2 aromatic rings. The van der Waals surface area contributed by atoms with E-state index in [9.17, 15) is 24.0 Å². The number of urea groups is 1. The number of nitrogens with zero attached hydrogens (tertiary/aromatic N) is 1. The molecule has 0 unspecified atom stereocenters. The minimum Gasteiger partial charge on any atom is -0.460 e. The van der Waals surface area contributed by atoms with Crippen molar-refractivity contribution in [2.24, 2.45) is 5.73 Å². The molecule has 0 saturated carbocycles. The van der Waals surface area contributed by atoms with Crippen molar-refractivity contribution < 1.29 is 38.2 Å². The van der Waals surface area contributed by atoms with Gasteiger partial charge in [0.15, 0.2) is 0 Å². The van der Waals surface area contributed by atoms with Crippen LogP contribution in [0.3, 0.4) is 0 Å². The number of fused-ring (bicyclic) bond motifs is 1. The van der Waals surface area contributed by atoms with Crippen LogP contribution in [0.5, 0.6) is 0 Å². The van der Waals surface area contributed by atoms with E-state index in [-0.39, 0.29) is 31.6 Å². The summed E-state index contributed by atoms with van der Waals surface area (Å²) < 4.78 is 16.3. The van der Waals surface area contributed by atoms with Crippen LogP contribution in [0.15, 0.2) is 36.5 Å². The maximum Gasteiger partial charge on any atom is 0.329 e. The number of rotatable bonds is 15. The molecule has 0 radical (unpaired) electrons. The second kappa shape index (κ2) is 17.9. The largest absolute Gasteiger partial charge is 0.460 e. The third-order valence-electron chi connectivity index (χ3n) is 6.72. The van der Waals surface area contributed by atoms with Crippen molar-refractivity contribution in [2.45, 2.75) is 136 Å². The highest BCUT2D eigenvalue weighted by Gasteiger charge is 2.31. The summed E-state index contributed by atoms with van der Waals surface area (Å²) in [7, 11) is 0. The molecule has 0 fully saturated rings.